The second-order valence-corrected chi connectivity index (χ2v) is 4.37. The van der Waals surface area contributed by atoms with Gasteiger partial charge in [-0.3, -0.25) is 0 Å². The molecule has 1 N–H and O–H groups in total. The van der Waals surface area contributed by atoms with Crippen molar-refractivity contribution in [2.45, 2.75) is 13.5 Å². The molecule has 1 nitrogen and oxygen atoms in total. The van der Waals surface area contributed by atoms with E-state index in [0.29, 0.717) is 0 Å². The first-order chi connectivity index (χ1) is 8.31. The first-order valence-electron chi connectivity index (χ1n) is 5.86. The van der Waals surface area contributed by atoms with Crippen LogP contribution in [0.2, 0.25) is 5.02 Å². The van der Waals surface area contributed by atoms with E-state index in [2.05, 4.69) is 36.5 Å². The summed E-state index contributed by atoms with van der Waals surface area (Å²) in [5, 5.41) is 4.10. The highest BCUT2D eigenvalue weighted by molar-refractivity contribution is 6.33. The van der Waals surface area contributed by atoms with Crippen LogP contribution in [0.1, 0.15) is 12.5 Å². The fraction of sp³-hybridized carbons (Fsp3) is 0.200. The summed E-state index contributed by atoms with van der Waals surface area (Å²) in [6.07, 6.45) is 0. The second-order valence-electron chi connectivity index (χ2n) is 3.96. The maximum atomic E-state index is 6.32. The molecule has 0 fully saturated rings. The van der Waals surface area contributed by atoms with Crippen LogP contribution in [0.4, 0.5) is 0 Å². The first-order valence-corrected chi connectivity index (χ1v) is 6.23. The van der Waals surface area contributed by atoms with Crippen molar-refractivity contribution < 1.29 is 0 Å². The Morgan fingerprint density at radius 1 is 1.06 bits per heavy atom. The van der Waals surface area contributed by atoms with E-state index < -0.39 is 0 Å². The van der Waals surface area contributed by atoms with Gasteiger partial charge in [-0.25, -0.2) is 0 Å². The van der Waals surface area contributed by atoms with E-state index in [-0.39, 0.29) is 0 Å². The van der Waals surface area contributed by atoms with Crippen LogP contribution in [-0.2, 0) is 6.54 Å². The third-order valence-corrected chi connectivity index (χ3v) is 3.01. The molecule has 0 bridgehead atoms. The quantitative estimate of drug-likeness (QED) is 0.855. The lowest BCUT2D eigenvalue weighted by Gasteiger charge is -2.07. The number of nitrogens with one attached hydrogen (secondary N) is 1. The number of hydrogen-bond donors (Lipinski definition) is 1. The van der Waals surface area contributed by atoms with Gasteiger partial charge in [0.1, 0.15) is 0 Å². The van der Waals surface area contributed by atoms with Gasteiger partial charge >= 0.3 is 0 Å². The van der Waals surface area contributed by atoms with Crippen LogP contribution in [0.3, 0.4) is 0 Å². The minimum Gasteiger partial charge on any atom is -0.313 e. The normalized spacial score (nSPS) is 10.5. The molecule has 0 aliphatic carbocycles. The van der Waals surface area contributed by atoms with Crippen molar-refractivity contribution in [1.29, 1.82) is 0 Å². The molecule has 0 aliphatic rings. The molecule has 17 heavy (non-hydrogen) atoms. The van der Waals surface area contributed by atoms with E-state index in [1.54, 1.807) is 0 Å². The Bertz CT molecular complexity index is 480. The van der Waals surface area contributed by atoms with Crippen molar-refractivity contribution in [3.05, 3.63) is 59.1 Å². The molecule has 0 saturated carbocycles. The van der Waals surface area contributed by atoms with E-state index >= 15 is 0 Å². The number of rotatable bonds is 4. The van der Waals surface area contributed by atoms with Crippen LogP contribution in [0.15, 0.2) is 48.5 Å². The van der Waals surface area contributed by atoms with Crippen LogP contribution in [-0.4, -0.2) is 6.54 Å². The molecular weight excluding hydrogens is 230 g/mol. The maximum Gasteiger partial charge on any atom is 0.0487 e. The Labute approximate surface area is 107 Å². The standard InChI is InChI=1S/C15H16ClN/c1-2-17-11-12-8-9-14(15(16)10-12)13-6-4-3-5-7-13/h3-10,17H,2,11H2,1H3. The summed E-state index contributed by atoms with van der Waals surface area (Å²) in [7, 11) is 0. The van der Waals surface area contributed by atoms with Gasteiger partial charge in [-0.1, -0.05) is 61.0 Å². The van der Waals surface area contributed by atoms with Crippen LogP contribution in [0.5, 0.6) is 0 Å². The summed E-state index contributed by atoms with van der Waals surface area (Å²) in [6.45, 7) is 3.93. The van der Waals surface area contributed by atoms with Crippen LogP contribution in [0.25, 0.3) is 11.1 Å². The van der Waals surface area contributed by atoms with Gasteiger partial charge in [-0.15, -0.1) is 0 Å². The lowest BCUT2D eigenvalue weighted by atomic mass is 10.0. The predicted molar refractivity (Wildman–Crippen MR) is 74.3 cm³/mol. The number of halogens is 1. The molecule has 0 aromatic heterocycles. The van der Waals surface area contributed by atoms with Gasteiger partial charge in [0, 0.05) is 17.1 Å². The molecular formula is C15H16ClN. The largest absolute Gasteiger partial charge is 0.313 e. The van der Waals surface area contributed by atoms with Crippen molar-refractivity contribution in [2.24, 2.45) is 0 Å². The predicted octanol–water partition coefficient (Wildman–Crippen LogP) is 4.12. The molecule has 0 amide bonds. The molecule has 0 heterocycles. The average Bonchev–Trinajstić information content (AvgIpc) is 2.37. The average molecular weight is 246 g/mol. The highest BCUT2D eigenvalue weighted by atomic mass is 35.5. The minimum absolute atomic E-state index is 0.812. The summed E-state index contributed by atoms with van der Waals surface area (Å²) < 4.78 is 0. The SMILES string of the molecule is CCNCc1ccc(-c2ccccc2)c(Cl)c1. The van der Waals surface area contributed by atoms with E-state index in [9.17, 15) is 0 Å². The Morgan fingerprint density at radius 3 is 2.47 bits per heavy atom. The molecule has 88 valence electrons. The molecule has 0 saturated heterocycles. The molecule has 2 aromatic carbocycles. The van der Waals surface area contributed by atoms with Gasteiger partial charge < -0.3 is 5.32 Å². The summed E-state index contributed by atoms with van der Waals surface area (Å²) >= 11 is 6.32. The third-order valence-electron chi connectivity index (χ3n) is 2.70. The lowest BCUT2D eigenvalue weighted by Crippen LogP contribution is -2.11. The Balaban J connectivity index is 2.26. The van der Waals surface area contributed by atoms with E-state index in [0.717, 1.165) is 29.2 Å². The fourth-order valence-electron chi connectivity index (χ4n) is 1.79. The molecule has 2 rings (SSSR count). The van der Waals surface area contributed by atoms with Crippen molar-refractivity contribution in [1.82, 2.24) is 5.32 Å². The highest BCUT2D eigenvalue weighted by Crippen LogP contribution is 2.28. The maximum absolute atomic E-state index is 6.32. The molecule has 0 unspecified atom stereocenters. The highest BCUT2D eigenvalue weighted by Gasteiger charge is 2.03. The third kappa shape index (κ3) is 3.09. The molecule has 0 atom stereocenters. The summed E-state index contributed by atoms with van der Waals surface area (Å²) in [5.41, 5.74) is 3.47. The first kappa shape index (κ1) is 12.2. The van der Waals surface area contributed by atoms with Gasteiger partial charge in [0.05, 0.1) is 0 Å². The Kier molecular flexibility index (Phi) is 4.18. The smallest absolute Gasteiger partial charge is 0.0487 e. The second kappa shape index (κ2) is 5.85. The monoisotopic (exact) mass is 245 g/mol. The van der Waals surface area contributed by atoms with Crippen LogP contribution in [0, 0.1) is 0 Å². The van der Waals surface area contributed by atoms with Gasteiger partial charge in [0.2, 0.25) is 0 Å². The molecule has 2 aromatic rings. The molecule has 0 radical (unpaired) electrons. The Morgan fingerprint density at radius 2 is 1.82 bits per heavy atom. The van der Waals surface area contributed by atoms with Gasteiger partial charge in [0.25, 0.3) is 0 Å². The van der Waals surface area contributed by atoms with Gasteiger partial charge in [0.15, 0.2) is 0 Å². The van der Waals surface area contributed by atoms with E-state index in [1.165, 1.54) is 5.56 Å². The van der Waals surface area contributed by atoms with Crippen molar-refractivity contribution in [3.63, 3.8) is 0 Å². The van der Waals surface area contributed by atoms with Crippen molar-refractivity contribution in [2.75, 3.05) is 6.54 Å². The zero-order valence-corrected chi connectivity index (χ0v) is 10.7. The zero-order valence-electron chi connectivity index (χ0n) is 9.91. The zero-order chi connectivity index (χ0) is 12.1. The van der Waals surface area contributed by atoms with E-state index in [1.807, 2.05) is 24.3 Å². The molecule has 2 heteroatoms. The van der Waals surface area contributed by atoms with Crippen molar-refractivity contribution in [3.8, 4) is 11.1 Å². The molecule has 0 spiro atoms. The number of hydrogen-bond acceptors (Lipinski definition) is 1. The summed E-state index contributed by atoms with van der Waals surface area (Å²) in [6, 6.07) is 16.5. The fourth-order valence-corrected chi connectivity index (χ4v) is 2.10. The van der Waals surface area contributed by atoms with Crippen LogP contribution < -0.4 is 5.32 Å². The van der Waals surface area contributed by atoms with Crippen LogP contribution >= 0.6 is 11.6 Å². The van der Waals surface area contributed by atoms with Gasteiger partial charge in [-0.05, 0) is 23.7 Å². The molecule has 0 aliphatic heterocycles. The summed E-state index contributed by atoms with van der Waals surface area (Å²) in [5.74, 6) is 0. The van der Waals surface area contributed by atoms with E-state index in [4.69, 9.17) is 11.6 Å². The van der Waals surface area contributed by atoms with Gasteiger partial charge in [-0.2, -0.15) is 0 Å². The van der Waals surface area contributed by atoms with Crippen molar-refractivity contribution >= 4 is 11.6 Å². The number of benzene rings is 2. The summed E-state index contributed by atoms with van der Waals surface area (Å²) in [4.78, 5) is 0. The lowest BCUT2D eigenvalue weighted by molar-refractivity contribution is 0.727. The topological polar surface area (TPSA) is 12.0 Å². The minimum atomic E-state index is 0.812. The Hall–Kier alpha value is -1.31.